The van der Waals surface area contributed by atoms with Crippen molar-refractivity contribution in [1.29, 1.82) is 0 Å². The van der Waals surface area contributed by atoms with Gasteiger partial charge in [-0.2, -0.15) is 0 Å². The molecule has 0 aliphatic carbocycles. The van der Waals surface area contributed by atoms with Gasteiger partial charge in [-0.05, 0) is 49.4 Å². The first-order valence-corrected chi connectivity index (χ1v) is 10.9. The van der Waals surface area contributed by atoms with Crippen molar-refractivity contribution in [1.82, 2.24) is 15.0 Å². The highest BCUT2D eigenvalue weighted by Crippen LogP contribution is 2.21. The van der Waals surface area contributed by atoms with Gasteiger partial charge >= 0.3 is 0 Å². The van der Waals surface area contributed by atoms with E-state index in [1.54, 1.807) is 25.3 Å². The minimum absolute atomic E-state index is 0.0259. The van der Waals surface area contributed by atoms with Gasteiger partial charge in [-0.1, -0.05) is 42.5 Å². The first-order valence-electron chi connectivity index (χ1n) is 9.44. The summed E-state index contributed by atoms with van der Waals surface area (Å²) in [4.78, 5) is 17.1. The molecule has 30 heavy (non-hydrogen) atoms. The van der Waals surface area contributed by atoms with E-state index in [-0.39, 0.29) is 23.4 Å². The normalized spacial score (nSPS) is 12.3. The van der Waals surface area contributed by atoms with Crippen LogP contribution in [-0.4, -0.2) is 32.9 Å². The SMILES string of the molecule is CNS(=O)(=O)c1cc(NC(=O)CNC(c2ccccc2)c2ccccn2)ccc1C. The summed E-state index contributed by atoms with van der Waals surface area (Å²) in [6.45, 7) is 1.73. The zero-order chi connectivity index (χ0) is 21.6. The highest BCUT2D eigenvalue weighted by Gasteiger charge is 2.18. The van der Waals surface area contributed by atoms with Gasteiger partial charge in [-0.15, -0.1) is 0 Å². The Labute approximate surface area is 176 Å². The number of hydrogen-bond donors (Lipinski definition) is 3. The van der Waals surface area contributed by atoms with E-state index in [2.05, 4.69) is 20.3 Å². The molecule has 0 aliphatic rings. The van der Waals surface area contributed by atoms with E-state index in [4.69, 9.17) is 0 Å². The zero-order valence-corrected chi connectivity index (χ0v) is 17.6. The lowest BCUT2D eigenvalue weighted by molar-refractivity contribution is -0.115. The number of aryl methyl sites for hydroxylation is 1. The number of anilines is 1. The van der Waals surface area contributed by atoms with Gasteiger partial charge in [0.25, 0.3) is 0 Å². The number of rotatable bonds is 8. The summed E-state index contributed by atoms with van der Waals surface area (Å²) in [5.41, 5.74) is 2.80. The summed E-state index contributed by atoms with van der Waals surface area (Å²) in [7, 11) is -2.26. The summed E-state index contributed by atoms with van der Waals surface area (Å²) < 4.78 is 26.6. The fourth-order valence-corrected chi connectivity index (χ4v) is 4.06. The van der Waals surface area contributed by atoms with E-state index in [0.29, 0.717) is 11.3 Å². The Kier molecular flexibility index (Phi) is 6.94. The van der Waals surface area contributed by atoms with E-state index in [1.807, 2.05) is 48.5 Å². The number of nitrogens with zero attached hydrogens (tertiary/aromatic N) is 1. The Morgan fingerprint density at radius 2 is 1.77 bits per heavy atom. The second kappa shape index (κ2) is 9.62. The molecule has 3 aromatic rings. The number of carbonyl (C=O) groups excluding carboxylic acids is 1. The Balaban J connectivity index is 1.73. The molecule has 0 bridgehead atoms. The van der Waals surface area contributed by atoms with Gasteiger partial charge in [0.05, 0.1) is 23.2 Å². The van der Waals surface area contributed by atoms with Gasteiger partial charge in [-0.25, -0.2) is 13.1 Å². The quantitative estimate of drug-likeness (QED) is 0.516. The molecule has 1 aromatic heterocycles. The molecular formula is C22H24N4O3S. The minimum Gasteiger partial charge on any atom is -0.325 e. The molecule has 0 fully saturated rings. The summed E-state index contributed by atoms with van der Waals surface area (Å²) in [6.07, 6.45) is 1.71. The van der Waals surface area contributed by atoms with Gasteiger partial charge in [0.2, 0.25) is 15.9 Å². The maximum atomic E-state index is 12.5. The smallest absolute Gasteiger partial charge is 0.240 e. The van der Waals surface area contributed by atoms with Crippen LogP contribution in [0.4, 0.5) is 5.69 Å². The first kappa shape index (κ1) is 21.6. The number of nitrogens with one attached hydrogen (secondary N) is 3. The van der Waals surface area contributed by atoms with Crippen LogP contribution in [0.5, 0.6) is 0 Å². The molecule has 7 nitrogen and oxygen atoms in total. The van der Waals surface area contributed by atoms with Crippen LogP contribution >= 0.6 is 0 Å². The van der Waals surface area contributed by atoms with Gasteiger partial charge in [0.1, 0.15) is 0 Å². The summed E-state index contributed by atoms with van der Waals surface area (Å²) in [6, 6.07) is 19.9. The molecule has 3 rings (SSSR count). The Bertz CT molecular complexity index is 1060. The van der Waals surface area contributed by atoms with Crippen molar-refractivity contribution < 1.29 is 13.2 Å². The van der Waals surface area contributed by atoms with Crippen molar-refractivity contribution in [2.45, 2.75) is 17.9 Å². The first-order chi connectivity index (χ1) is 14.4. The molecule has 1 unspecified atom stereocenters. The molecule has 0 radical (unpaired) electrons. The monoisotopic (exact) mass is 424 g/mol. The number of aromatic nitrogens is 1. The molecule has 1 atom stereocenters. The van der Waals surface area contributed by atoms with Crippen LogP contribution in [-0.2, 0) is 14.8 Å². The number of sulfonamides is 1. The van der Waals surface area contributed by atoms with Crippen molar-refractivity contribution in [3.8, 4) is 0 Å². The van der Waals surface area contributed by atoms with Gasteiger partial charge in [-0.3, -0.25) is 15.1 Å². The van der Waals surface area contributed by atoms with E-state index < -0.39 is 10.0 Å². The van der Waals surface area contributed by atoms with Crippen LogP contribution in [0.15, 0.2) is 77.8 Å². The number of hydrogen-bond acceptors (Lipinski definition) is 5. The molecular weight excluding hydrogens is 400 g/mol. The maximum absolute atomic E-state index is 12.5. The third-order valence-electron chi connectivity index (χ3n) is 4.61. The Morgan fingerprint density at radius 3 is 2.43 bits per heavy atom. The van der Waals surface area contributed by atoms with Crippen LogP contribution < -0.4 is 15.4 Å². The molecule has 0 saturated carbocycles. The summed E-state index contributed by atoms with van der Waals surface area (Å²) >= 11 is 0. The topological polar surface area (TPSA) is 100 Å². The fraction of sp³-hybridized carbons (Fsp3) is 0.182. The maximum Gasteiger partial charge on any atom is 0.240 e. The van der Waals surface area contributed by atoms with Crippen LogP contribution in [0.2, 0.25) is 0 Å². The average molecular weight is 425 g/mol. The van der Waals surface area contributed by atoms with Crippen LogP contribution in [0.1, 0.15) is 22.9 Å². The van der Waals surface area contributed by atoms with Gasteiger partial charge in [0, 0.05) is 11.9 Å². The number of benzene rings is 2. The molecule has 1 amide bonds. The van der Waals surface area contributed by atoms with Crippen molar-refractivity contribution in [3.63, 3.8) is 0 Å². The largest absolute Gasteiger partial charge is 0.325 e. The second-order valence-electron chi connectivity index (χ2n) is 6.72. The molecule has 0 aliphatic heterocycles. The van der Waals surface area contributed by atoms with E-state index in [9.17, 15) is 13.2 Å². The van der Waals surface area contributed by atoms with Crippen LogP contribution in [0.3, 0.4) is 0 Å². The second-order valence-corrected chi connectivity index (χ2v) is 8.57. The molecule has 0 spiro atoms. The third-order valence-corrected chi connectivity index (χ3v) is 6.17. The lowest BCUT2D eigenvalue weighted by atomic mass is 10.0. The van der Waals surface area contributed by atoms with Crippen molar-refractivity contribution >= 4 is 21.6 Å². The van der Waals surface area contributed by atoms with Crippen molar-refractivity contribution in [3.05, 3.63) is 89.7 Å². The molecule has 156 valence electrons. The molecule has 0 saturated heterocycles. The van der Waals surface area contributed by atoms with Gasteiger partial charge < -0.3 is 5.32 Å². The van der Waals surface area contributed by atoms with E-state index >= 15 is 0 Å². The molecule has 3 N–H and O–H groups in total. The van der Waals surface area contributed by atoms with Crippen LogP contribution in [0, 0.1) is 6.92 Å². The lowest BCUT2D eigenvalue weighted by Gasteiger charge is -2.19. The van der Waals surface area contributed by atoms with Crippen molar-refractivity contribution in [2.24, 2.45) is 0 Å². The fourth-order valence-electron chi connectivity index (χ4n) is 3.06. The predicted molar refractivity (Wildman–Crippen MR) is 117 cm³/mol. The predicted octanol–water partition coefficient (Wildman–Crippen LogP) is 2.62. The van der Waals surface area contributed by atoms with Gasteiger partial charge in [0.15, 0.2) is 0 Å². The summed E-state index contributed by atoms with van der Waals surface area (Å²) in [5, 5.41) is 5.98. The zero-order valence-electron chi connectivity index (χ0n) is 16.8. The lowest BCUT2D eigenvalue weighted by Crippen LogP contribution is -2.32. The highest BCUT2D eigenvalue weighted by molar-refractivity contribution is 7.89. The average Bonchev–Trinajstić information content (AvgIpc) is 2.76. The van der Waals surface area contributed by atoms with E-state index in [0.717, 1.165) is 11.3 Å². The van der Waals surface area contributed by atoms with Crippen molar-refractivity contribution in [2.75, 3.05) is 18.9 Å². The standard InChI is InChI=1S/C22H24N4O3S/c1-16-11-12-18(14-20(16)30(28,29)23-2)26-21(27)15-25-22(17-8-4-3-5-9-17)19-10-6-7-13-24-19/h3-14,22-23,25H,15H2,1-2H3,(H,26,27). The van der Waals surface area contributed by atoms with E-state index in [1.165, 1.54) is 13.1 Å². The number of amides is 1. The third kappa shape index (κ3) is 5.29. The van der Waals surface area contributed by atoms with Crippen LogP contribution in [0.25, 0.3) is 0 Å². The minimum atomic E-state index is -3.61. The highest BCUT2D eigenvalue weighted by atomic mass is 32.2. The number of pyridine rings is 1. The number of carbonyl (C=O) groups is 1. The molecule has 8 heteroatoms. The molecule has 1 heterocycles. The molecule has 2 aromatic carbocycles. The Morgan fingerprint density at radius 1 is 1.03 bits per heavy atom. The Hall–Kier alpha value is -3.07. The summed E-state index contributed by atoms with van der Waals surface area (Å²) in [5.74, 6) is -0.288.